The number of hydrogen-bond donors (Lipinski definition) is 0. The molecule has 0 heterocycles. The Morgan fingerprint density at radius 3 is 2.30 bits per heavy atom. The second-order valence-corrected chi connectivity index (χ2v) is 4.44. The third kappa shape index (κ3) is 5.67. The number of esters is 3. The maximum Gasteiger partial charge on any atom is 0.351 e. The standard InChI is InChI=1S/C14H13ClO5/c1-9(2)14(18)19-8-13(17)20-12(16)7-10-3-5-11(15)6-4-10/h3-6H,1,7-8H2,2H3. The molecule has 0 N–H and O–H groups in total. The van der Waals surface area contributed by atoms with Crippen LogP contribution in [0, 0.1) is 0 Å². The summed E-state index contributed by atoms with van der Waals surface area (Å²) >= 11 is 5.70. The average Bonchev–Trinajstić information content (AvgIpc) is 2.38. The maximum atomic E-state index is 11.5. The minimum atomic E-state index is -0.932. The Morgan fingerprint density at radius 1 is 1.15 bits per heavy atom. The minimum Gasteiger partial charge on any atom is -0.450 e. The molecule has 0 aliphatic rings. The Morgan fingerprint density at radius 2 is 1.75 bits per heavy atom. The van der Waals surface area contributed by atoms with Gasteiger partial charge in [-0.2, -0.15) is 0 Å². The lowest BCUT2D eigenvalue weighted by Crippen LogP contribution is -2.21. The van der Waals surface area contributed by atoms with E-state index in [2.05, 4.69) is 16.1 Å². The normalized spacial score (nSPS) is 9.70. The fourth-order valence-corrected chi connectivity index (χ4v) is 1.34. The van der Waals surface area contributed by atoms with Gasteiger partial charge >= 0.3 is 17.9 Å². The van der Waals surface area contributed by atoms with Crippen molar-refractivity contribution in [2.24, 2.45) is 0 Å². The van der Waals surface area contributed by atoms with Crippen LogP contribution in [0.15, 0.2) is 36.4 Å². The molecule has 0 fully saturated rings. The lowest BCUT2D eigenvalue weighted by Gasteiger charge is -2.05. The van der Waals surface area contributed by atoms with Gasteiger partial charge in [-0.3, -0.25) is 4.79 Å². The molecule has 1 aromatic rings. The summed E-state index contributed by atoms with van der Waals surface area (Å²) in [5.41, 5.74) is 0.816. The van der Waals surface area contributed by atoms with Crippen LogP contribution < -0.4 is 0 Å². The topological polar surface area (TPSA) is 69.7 Å². The molecule has 0 aliphatic carbocycles. The van der Waals surface area contributed by atoms with Gasteiger partial charge in [-0.15, -0.1) is 0 Å². The van der Waals surface area contributed by atoms with Crippen LogP contribution in [0.3, 0.4) is 0 Å². The third-order valence-electron chi connectivity index (χ3n) is 2.16. The maximum absolute atomic E-state index is 11.5. The van der Waals surface area contributed by atoms with Crippen LogP contribution in [0.2, 0.25) is 5.02 Å². The van der Waals surface area contributed by atoms with Crippen molar-refractivity contribution in [1.29, 1.82) is 0 Å². The van der Waals surface area contributed by atoms with Gasteiger partial charge in [0.1, 0.15) is 0 Å². The van der Waals surface area contributed by atoms with E-state index < -0.39 is 24.5 Å². The highest BCUT2D eigenvalue weighted by Crippen LogP contribution is 2.10. The number of halogens is 1. The average molecular weight is 297 g/mol. The largest absolute Gasteiger partial charge is 0.450 e. The van der Waals surface area contributed by atoms with Crippen LogP contribution in [-0.4, -0.2) is 24.5 Å². The number of carbonyl (C=O) groups excluding carboxylic acids is 3. The quantitative estimate of drug-likeness (QED) is 0.472. The zero-order valence-corrected chi connectivity index (χ0v) is 11.6. The summed E-state index contributed by atoms with van der Waals surface area (Å²) in [5, 5.41) is 0.546. The molecule has 0 saturated carbocycles. The molecule has 20 heavy (non-hydrogen) atoms. The molecule has 0 atom stereocenters. The number of rotatable bonds is 5. The molecule has 0 saturated heterocycles. The third-order valence-corrected chi connectivity index (χ3v) is 2.41. The number of carbonyl (C=O) groups is 3. The monoisotopic (exact) mass is 296 g/mol. The summed E-state index contributed by atoms with van der Waals surface area (Å²) < 4.78 is 9.05. The van der Waals surface area contributed by atoms with E-state index in [1.165, 1.54) is 6.92 Å². The van der Waals surface area contributed by atoms with Crippen LogP contribution in [0.25, 0.3) is 0 Å². The van der Waals surface area contributed by atoms with Crippen molar-refractivity contribution in [1.82, 2.24) is 0 Å². The molecule has 0 bridgehead atoms. The van der Waals surface area contributed by atoms with Crippen LogP contribution in [0.1, 0.15) is 12.5 Å². The van der Waals surface area contributed by atoms with E-state index in [9.17, 15) is 14.4 Å². The second kappa shape index (κ2) is 7.45. The first-order valence-corrected chi connectivity index (χ1v) is 6.07. The Kier molecular flexibility index (Phi) is 5.93. The van der Waals surface area contributed by atoms with Gasteiger partial charge in [-0.1, -0.05) is 30.3 Å². The predicted molar refractivity (Wildman–Crippen MR) is 72.0 cm³/mol. The molecule has 106 valence electrons. The molecular weight excluding hydrogens is 284 g/mol. The van der Waals surface area contributed by atoms with Gasteiger partial charge in [-0.05, 0) is 24.6 Å². The van der Waals surface area contributed by atoms with Gasteiger partial charge in [-0.25, -0.2) is 9.59 Å². The van der Waals surface area contributed by atoms with Crippen molar-refractivity contribution in [2.75, 3.05) is 6.61 Å². The smallest absolute Gasteiger partial charge is 0.351 e. The van der Waals surface area contributed by atoms with Crippen LogP contribution in [0.4, 0.5) is 0 Å². The van der Waals surface area contributed by atoms with Crippen molar-refractivity contribution >= 4 is 29.5 Å². The fourth-order valence-electron chi connectivity index (χ4n) is 1.21. The van der Waals surface area contributed by atoms with Gasteiger partial charge in [0.15, 0.2) is 6.61 Å². The molecule has 0 spiro atoms. The molecular formula is C14H13ClO5. The summed E-state index contributed by atoms with van der Waals surface area (Å²) in [5.74, 6) is -2.38. The van der Waals surface area contributed by atoms with E-state index in [1.54, 1.807) is 24.3 Å². The van der Waals surface area contributed by atoms with Crippen LogP contribution >= 0.6 is 11.6 Å². The number of hydrogen-bond acceptors (Lipinski definition) is 5. The first kappa shape index (κ1) is 15.9. The molecule has 0 amide bonds. The first-order chi connectivity index (χ1) is 9.38. The van der Waals surface area contributed by atoms with Gasteiger partial charge in [0.25, 0.3) is 0 Å². The Bertz CT molecular complexity index is 533. The van der Waals surface area contributed by atoms with Crippen molar-refractivity contribution in [3.05, 3.63) is 47.0 Å². The highest BCUT2D eigenvalue weighted by molar-refractivity contribution is 6.30. The summed E-state index contributed by atoms with van der Waals surface area (Å²) in [4.78, 5) is 33.7. The van der Waals surface area contributed by atoms with Gasteiger partial charge < -0.3 is 9.47 Å². The van der Waals surface area contributed by atoms with E-state index >= 15 is 0 Å². The SMILES string of the molecule is C=C(C)C(=O)OCC(=O)OC(=O)Cc1ccc(Cl)cc1. The van der Waals surface area contributed by atoms with Crippen molar-refractivity contribution in [3.8, 4) is 0 Å². The van der Waals surface area contributed by atoms with Crippen LogP contribution in [0.5, 0.6) is 0 Å². The summed E-state index contributed by atoms with van der Waals surface area (Å²) in [7, 11) is 0. The molecule has 0 aliphatic heterocycles. The van der Waals surface area contributed by atoms with Crippen LogP contribution in [-0.2, 0) is 30.3 Å². The molecule has 0 aromatic heterocycles. The molecule has 0 unspecified atom stereocenters. The zero-order chi connectivity index (χ0) is 15.1. The second-order valence-electron chi connectivity index (χ2n) is 4.01. The fraction of sp³-hybridized carbons (Fsp3) is 0.214. The van der Waals surface area contributed by atoms with E-state index in [4.69, 9.17) is 11.6 Å². The highest BCUT2D eigenvalue weighted by atomic mass is 35.5. The minimum absolute atomic E-state index is 0.0721. The number of ether oxygens (including phenoxy) is 2. The predicted octanol–water partition coefficient (Wildman–Crippen LogP) is 2.07. The lowest BCUT2D eigenvalue weighted by molar-refractivity contribution is -0.165. The summed E-state index contributed by atoms with van der Waals surface area (Å²) in [6.45, 7) is 4.17. The summed E-state index contributed by atoms with van der Waals surface area (Å²) in [6.07, 6.45) is -0.0721. The van der Waals surface area contributed by atoms with E-state index in [0.717, 1.165) is 0 Å². The molecule has 1 aromatic carbocycles. The summed E-state index contributed by atoms with van der Waals surface area (Å²) in [6, 6.07) is 6.55. The molecule has 5 nitrogen and oxygen atoms in total. The van der Waals surface area contributed by atoms with E-state index in [0.29, 0.717) is 10.6 Å². The van der Waals surface area contributed by atoms with Gasteiger partial charge in [0.2, 0.25) is 0 Å². The van der Waals surface area contributed by atoms with Gasteiger partial charge in [0, 0.05) is 10.6 Å². The molecule has 0 radical (unpaired) electrons. The Balaban J connectivity index is 2.38. The Hall–Kier alpha value is -2.14. The van der Waals surface area contributed by atoms with E-state index in [1.807, 2.05) is 0 Å². The van der Waals surface area contributed by atoms with E-state index in [-0.39, 0.29) is 12.0 Å². The molecule has 1 rings (SSSR count). The zero-order valence-electron chi connectivity index (χ0n) is 10.8. The van der Waals surface area contributed by atoms with Crippen molar-refractivity contribution in [3.63, 3.8) is 0 Å². The highest BCUT2D eigenvalue weighted by Gasteiger charge is 2.14. The van der Waals surface area contributed by atoms with Crippen molar-refractivity contribution in [2.45, 2.75) is 13.3 Å². The number of benzene rings is 1. The first-order valence-electron chi connectivity index (χ1n) is 5.69. The molecule has 6 heteroatoms. The lowest BCUT2D eigenvalue weighted by atomic mass is 10.1. The van der Waals surface area contributed by atoms with Crippen molar-refractivity contribution < 1.29 is 23.9 Å². The Labute approximate surface area is 121 Å². The van der Waals surface area contributed by atoms with Gasteiger partial charge in [0.05, 0.1) is 6.42 Å².